The second-order valence-electron chi connectivity index (χ2n) is 3.87. The van der Waals surface area contributed by atoms with Gasteiger partial charge in [-0.15, -0.1) is 12.3 Å². The van der Waals surface area contributed by atoms with Gasteiger partial charge >= 0.3 is 0 Å². The number of nitrogens with two attached hydrogens (primary N) is 1. The van der Waals surface area contributed by atoms with Crippen LogP contribution in [0, 0.1) is 18.3 Å². The Hall–Kier alpha value is -0.660. The lowest BCUT2D eigenvalue weighted by molar-refractivity contribution is -0.0493. The minimum atomic E-state index is -2.48. The summed E-state index contributed by atoms with van der Waals surface area (Å²) in [5, 5.41) is 0. The zero-order valence-electron chi connectivity index (χ0n) is 8.10. The van der Waals surface area contributed by atoms with Crippen molar-refractivity contribution < 1.29 is 8.78 Å². The minimum Gasteiger partial charge on any atom is -0.271 e. The van der Waals surface area contributed by atoms with Gasteiger partial charge in [0.05, 0.1) is 0 Å². The Labute approximate surface area is 83.2 Å². The maximum atomic E-state index is 12.8. The van der Waals surface area contributed by atoms with E-state index in [9.17, 15) is 8.78 Å². The smallest absolute Gasteiger partial charge is 0.248 e. The summed E-state index contributed by atoms with van der Waals surface area (Å²) in [6.07, 6.45) is 6.60. The third-order valence-electron chi connectivity index (χ3n) is 2.88. The molecule has 3 N–H and O–H groups in total. The summed E-state index contributed by atoms with van der Waals surface area (Å²) in [5.41, 5.74) is 2.61. The second kappa shape index (κ2) is 4.72. The Morgan fingerprint density at radius 3 is 2.50 bits per heavy atom. The van der Waals surface area contributed by atoms with E-state index >= 15 is 0 Å². The molecule has 0 aromatic heterocycles. The van der Waals surface area contributed by atoms with Gasteiger partial charge in [-0.1, -0.05) is 0 Å². The summed E-state index contributed by atoms with van der Waals surface area (Å²) in [5.74, 6) is 5.54. The molecule has 4 heteroatoms. The molecular formula is C10H16F2N2. The SMILES string of the molecule is C#CCC(NN)C1CCC(F)(F)CC1. The number of nitrogens with one attached hydrogen (secondary N) is 1. The molecule has 1 atom stereocenters. The molecule has 0 spiro atoms. The first-order valence-electron chi connectivity index (χ1n) is 4.86. The summed E-state index contributed by atoms with van der Waals surface area (Å²) in [4.78, 5) is 0. The molecule has 0 aromatic carbocycles. The lowest BCUT2D eigenvalue weighted by Crippen LogP contribution is -2.43. The Morgan fingerprint density at radius 1 is 1.50 bits per heavy atom. The molecule has 1 aliphatic carbocycles. The first-order valence-corrected chi connectivity index (χ1v) is 4.86. The number of rotatable bonds is 3. The molecule has 0 saturated heterocycles. The van der Waals surface area contributed by atoms with Gasteiger partial charge in [-0.25, -0.2) is 8.78 Å². The van der Waals surface area contributed by atoms with Crippen LogP contribution in [0.4, 0.5) is 8.78 Å². The molecule has 2 nitrogen and oxygen atoms in total. The number of hydrogen-bond donors (Lipinski definition) is 2. The third-order valence-corrected chi connectivity index (χ3v) is 2.88. The van der Waals surface area contributed by atoms with E-state index in [-0.39, 0.29) is 24.8 Å². The van der Waals surface area contributed by atoms with E-state index in [4.69, 9.17) is 12.3 Å². The Bertz CT molecular complexity index is 213. The van der Waals surface area contributed by atoms with Crippen molar-refractivity contribution in [3.63, 3.8) is 0 Å². The highest BCUT2D eigenvalue weighted by molar-refractivity contribution is 4.93. The molecule has 1 rings (SSSR count). The summed E-state index contributed by atoms with van der Waals surface area (Å²) in [7, 11) is 0. The maximum absolute atomic E-state index is 12.8. The fourth-order valence-electron chi connectivity index (χ4n) is 1.95. The van der Waals surface area contributed by atoms with Crippen LogP contribution in [0.15, 0.2) is 0 Å². The maximum Gasteiger partial charge on any atom is 0.248 e. The van der Waals surface area contributed by atoms with Crippen molar-refractivity contribution in [2.45, 2.75) is 44.1 Å². The van der Waals surface area contributed by atoms with Crippen molar-refractivity contribution in [3.05, 3.63) is 0 Å². The standard InChI is InChI=1S/C10H16F2N2/c1-2-3-9(14-13)8-4-6-10(11,12)7-5-8/h1,8-9,14H,3-7,13H2. The predicted octanol–water partition coefficient (Wildman–Crippen LogP) is 1.67. The topological polar surface area (TPSA) is 38.0 Å². The van der Waals surface area contributed by atoms with Crippen molar-refractivity contribution in [2.24, 2.45) is 11.8 Å². The van der Waals surface area contributed by atoms with Gasteiger partial charge in [0, 0.05) is 25.3 Å². The van der Waals surface area contributed by atoms with Crippen LogP contribution in [-0.2, 0) is 0 Å². The molecule has 0 aromatic rings. The fraction of sp³-hybridized carbons (Fsp3) is 0.800. The van der Waals surface area contributed by atoms with Gasteiger partial charge in [-0.3, -0.25) is 11.3 Å². The molecule has 80 valence electrons. The number of hydrogen-bond acceptors (Lipinski definition) is 2. The summed E-state index contributed by atoms with van der Waals surface area (Å²) >= 11 is 0. The van der Waals surface area contributed by atoms with Crippen LogP contribution >= 0.6 is 0 Å². The van der Waals surface area contributed by atoms with E-state index in [0.717, 1.165) is 0 Å². The molecular weight excluding hydrogens is 186 g/mol. The molecule has 0 bridgehead atoms. The van der Waals surface area contributed by atoms with E-state index in [2.05, 4.69) is 11.3 Å². The lowest BCUT2D eigenvalue weighted by Gasteiger charge is -2.32. The summed E-state index contributed by atoms with van der Waals surface area (Å²) < 4.78 is 25.7. The molecule has 14 heavy (non-hydrogen) atoms. The third kappa shape index (κ3) is 2.93. The van der Waals surface area contributed by atoms with Crippen LogP contribution in [0.5, 0.6) is 0 Å². The minimum absolute atomic E-state index is 0.0175. The van der Waals surface area contributed by atoms with Crippen molar-refractivity contribution in [1.82, 2.24) is 5.43 Å². The first-order chi connectivity index (χ1) is 6.59. The number of alkyl halides is 2. The Morgan fingerprint density at radius 2 is 2.07 bits per heavy atom. The number of hydrazine groups is 1. The average Bonchev–Trinajstić information content (AvgIpc) is 2.15. The van der Waals surface area contributed by atoms with Gasteiger partial charge in [0.15, 0.2) is 0 Å². The Balaban J connectivity index is 2.44. The molecule has 0 heterocycles. The van der Waals surface area contributed by atoms with Gasteiger partial charge in [0.1, 0.15) is 0 Å². The highest BCUT2D eigenvalue weighted by Crippen LogP contribution is 2.37. The molecule has 1 saturated carbocycles. The first kappa shape index (κ1) is 11.4. The van der Waals surface area contributed by atoms with Crippen molar-refractivity contribution in [1.29, 1.82) is 0 Å². The van der Waals surface area contributed by atoms with E-state index in [1.54, 1.807) is 0 Å². The predicted molar refractivity (Wildman–Crippen MR) is 51.5 cm³/mol. The zero-order valence-corrected chi connectivity index (χ0v) is 8.10. The monoisotopic (exact) mass is 202 g/mol. The van der Waals surface area contributed by atoms with E-state index in [1.165, 1.54) is 0 Å². The molecule has 0 aliphatic heterocycles. The van der Waals surface area contributed by atoms with Crippen LogP contribution in [0.1, 0.15) is 32.1 Å². The lowest BCUT2D eigenvalue weighted by atomic mass is 9.81. The van der Waals surface area contributed by atoms with Gasteiger partial charge in [-0.2, -0.15) is 0 Å². The van der Waals surface area contributed by atoms with E-state index in [0.29, 0.717) is 19.3 Å². The zero-order chi connectivity index (χ0) is 10.6. The van der Waals surface area contributed by atoms with E-state index in [1.807, 2.05) is 0 Å². The highest BCUT2D eigenvalue weighted by atomic mass is 19.3. The van der Waals surface area contributed by atoms with Crippen LogP contribution in [0.3, 0.4) is 0 Å². The van der Waals surface area contributed by atoms with Gasteiger partial charge in [0.2, 0.25) is 5.92 Å². The average molecular weight is 202 g/mol. The molecule has 0 radical (unpaired) electrons. The van der Waals surface area contributed by atoms with Crippen LogP contribution in [-0.4, -0.2) is 12.0 Å². The van der Waals surface area contributed by atoms with Gasteiger partial charge < -0.3 is 0 Å². The number of terminal acetylenes is 1. The summed E-state index contributed by atoms with van der Waals surface area (Å²) in [6, 6.07) is -0.0175. The second-order valence-corrected chi connectivity index (χ2v) is 3.87. The fourth-order valence-corrected chi connectivity index (χ4v) is 1.95. The molecule has 1 unspecified atom stereocenters. The van der Waals surface area contributed by atoms with E-state index < -0.39 is 5.92 Å². The summed E-state index contributed by atoms with van der Waals surface area (Å²) in [6.45, 7) is 0. The van der Waals surface area contributed by atoms with Crippen LogP contribution in [0.25, 0.3) is 0 Å². The van der Waals surface area contributed by atoms with Crippen LogP contribution < -0.4 is 11.3 Å². The highest BCUT2D eigenvalue weighted by Gasteiger charge is 2.37. The van der Waals surface area contributed by atoms with Crippen molar-refractivity contribution >= 4 is 0 Å². The van der Waals surface area contributed by atoms with Crippen LogP contribution in [0.2, 0.25) is 0 Å². The molecule has 1 fully saturated rings. The van der Waals surface area contributed by atoms with Gasteiger partial charge in [-0.05, 0) is 18.8 Å². The largest absolute Gasteiger partial charge is 0.271 e. The van der Waals surface area contributed by atoms with Crippen molar-refractivity contribution in [2.75, 3.05) is 0 Å². The normalized spacial score (nSPS) is 24.1. The van der Waals surface area contributed by atoms with Crippen molar-refractivity contribution in [3.8, 4) is 12.3 Å². The van der Waals surface area contributed by atoms with Gasteiger partial charge in [0.25, 0.3) is 0 Å². The number of halogens is 2. The Kier molecular flexibility index (Phi) is 3.85. The molecule has 0 amide bonds. The molecule has 1 aliphatic rings. The quantitative estimate of drug-likeness (QED) is 0.415.